The van der Waals surface area contributed by atoms with Crippen LogP contribution in [0.15, 0.2) is 69.3 Å². The smallest absolute Gasteiger partial charge is 0.325 e. The molecule has 2 aromatic carbocycles. The molecule has 0 saturated heterocycles. The summed E-state index contributed by atoms with van der Waals surface area (Å²) >= 11 is 7.60. The Morgan fingerprint density at radius 1 is 1.06 bits per heavy atom. The van der Waals surface area contributed by atoms with Gasteiger partial charge in [0.25, 0.3) is 5.56 Å². The molecule has 8 nitrogen and oxygen atoms in total. The van der Waals surface area contributed by atoms with Crippen LogP contribution in [0.25, 0.3) is 5.69 Å². The molecule has 0 aliphatic heterocycles. The van der Waals surface area contributed by atoms with E-state index in [2.05, 4.69) is 20.2 Å². The van der Waals surface area contributed by atoms with Crippen LogP contribution < -0.4 is 16.0 Å². The first-order valence-corrected chi connectivity index (χ1v) is 10.7. The van der Waals surface area contributed by atoms with Crippen molar-refractivity contribution in [2.75, 3.05) is 7.11 Å². The first-order chi connectivity index (χ1) is 15.0. The van der Waals surface area contributed by atoms with Crippen molar-refractivity contribution in [3.8, 4) is 11.4 Å². The van der Waals surface area contributed by atoms with E-state index in [0.717, 1.165) is 11.3 Å². The average Bonchev–Trinajstić information content (AvgIpc) is 3.14. The third-order valence-corrected chi connectivity index (χ3v) is 5.67. The Balaban J connectivity index is 1.72. The summed E-state index contributed by atoms with van der Waals surface area (Å²) < 4.78 is 7.24. The van der Waals surface area contributed by atoms with E-state index < -0.39 is 11.2 Å². The summed E-state index contributed by atoms with van der Waals surface area (Å²) in [6, 6.07) is 16.5. The number of methoxy groups -OCH3 is 1. The third kappa shape index (κ3) is 5.07. The molecule has 0 amide bonds. The maximum absolute atomic E-state index is 11.7. The van der Waals surface area contributed by atoms with Gasteiger partial charge in [0.05, 0.1) is 12.8 Å². The van der Waals surface area contributed by atoms with Gasteiger partial charge in [-0.05, 0) is 29.8 Å². The molecule has 0 bridgehead atoms. The van der Waals surface area contributed by atoms with Crippen molar-refractivity contribution in [3.63, 3.8) is 0 Å². The number of H-pyrrole nitrogens is 2. The summed E-state index contributed by atoms with van der Waals surface area (Å²) in [5.74, 6) is 1.90. The van der Waals surface area contributed by atoms with Crippen LogP contribution >= 0.6 is 23.4 Å². The summed E-state index contributed by atoms with van der Waals surface area (Å²) in [7, 11) is 1.60. The van der Waals surface area contributed by atoms with Gasteiger partial charge in [-0.2, -0.15) is 0 Å². The molecule has 10 heteroatoms. The highest BCUT2D eigenvalue weighted by atomic mass is 35.5. The van der Waals surface area contributed by atoms with E-state index in [1.807, 2.05) is 53.1 Å². The van der Waals surface area contributed by atoms with Gasteiger partial charge in [0, 0.05) is 35.0 Å². The van der Waals surface area contributed by atoms with Gasteiger partial charge in [0.1, 0.15) is 11.6 Å². The van der Waals surface area contributed by atoms with Gasteiger partial charge in [0.2, 0.25) is 0 Å². The number of thioether (sulfide) groups is 1. The normalized spacial score (nSPS) is 10.9. The first kappa shape index (κ1) is 21.0. The molecule has 4 aromatic rings. The largest absolute Gasteiger partial charge is 0.497 e. The Morgan fingerprint density at radius 2 is 1.90 bits per heavy atom. The second-order valence-electron chi connectivity index (χ2n) is 6.64. The number of rotatable bonds is 7. The fourth-order valence-electron chi connectivity index (χ4n) is 3.08. The number of aromatic amines is 2. The first-order valence-electron chi connectivity index (χ1n) is 9.30. The fourth-order valence-corrected chi connectivity index (χ4v) is 4.20. The van der Waals surface area contributed by atoms with Crippen LogP contribution in [-0.2, 0) is 12.2 Å². The molecule has 2 N–H and O–H groups in total. The van der Waals surface area contributed by atoms with Crippen molar-refractivity contribution in [3.05, 3.63) is 97.5 Å². The predicted molar refractivity (Wildman–Crippen MR) is 119 cm³/mol. The van der Waals surface area contributed by atoms with Gasteiger partial charge in [0.15, 0.2) is 5.16 Å². The van der Waals surface area contributed by atoms with E-state index in [-0.39, 0.29) is 6.42 Å². The van der Waals surface area contributed by atoms with E-state index in [0.29, 0.717) is 33.2 Å². The van der Waals surface area contributed by atoms with E-state index in [1.165, 1.54) is 17.8 Å². The van der Waals surface area contributed by atoms with Gasteiger partial charge in [-0.3, -0.25) is 14.3 Å². The van der Waals surface area contributed by atoms with Crippen LogP contribution in [0.1, 0.15) is 17.1 Å². The number of nitrogens with one attached hydrogen (secondary N) is 2. The standard InChI is InChI=1S/C21H18ClN5O3S/c1-30-17-7-3-6-16(11-17)27-18(9-15-10-19(28)24-20(29)23-15)25-26-21(27)31-12-13-4-2-5-14(22)8-13/h2-8,10-11H,9,12H2,1H3,(H2,23,24,28,29). The zero-order valence-corrected chi connectivity index (χ0v) is 18.0. The summed E-state index contributed by atoms with van der Waals surface area (Å²) in [5, 5.41) is 10.0. The molecule has 0 aliphatic rings. The highest BCUT2D eigenvalue weighted by Crippen LogP contribution is 2.28. The Morgan fingerprint density at radius 3 is 2.68 bits per heavy atom. The second kappa shape index (κ2) is 9.23. The number of benzene rings is 2. The lowest BCUT2D eigenvalue weighted by Crippen LogP contribution is -2.23. The van der Waals surface area contributed by atoms with Crippen LogP contribution in [0.5, 0.6) is 5.75 Å². The van der Waals surface area contributed by atoms with Crippen molar-refractivity contribution >= 4 is 23.4 Å². The van der Waals surface area contributed by atoms with Crippen molar-refractivity contribution in [2.45, 2.75) is 17.3 Å². The molecule has 0 spiro atoms. The number of hydrogen-bond donors (Lipinski definition) is 2. The Labute approximate surface area is 186 Å². The molecule has 0 saturated carbocycles. The lowest BCUT2D eigenvalue weighted by molar-refractivity contribution is 0.414. The van der Waals surface area contributed by atoms with Crippen LogP contribution in [0, 0.1) is 0 Å². The molecule has 0 radical (unpaired) electrons. The van der Waals surface area contributed by atoms with Gasteiger partial charge >= 0.3 is 5.69 Å². The Hall–Kier alpha value is -3.30. The number of ether oxygens (including phenoxy) is 1. The van der Waals surface area contributed by atoms with E-state index in [1.54, 1.807) is 7.11 Å². The summed E-state index contributed by atoms with van der Waals surface area (Å²) in [6.07, 6.45) is 0.223. The SMILES string of the molecule is COc1cccc(-n2c(Cc3cc(=O)[nH]c(=O)[nH]3)nnc2SCc2cccc(Cl)c2)c1. The maximum atomic E-state index is 11.7. The quantitative estimate of drug-likeness (QED) is 0.414. The molecule has 0 aliphatic carbocycles. The minimum Gasteiger partial charge on any atom is -0.497 e. The molecule has 0 fully saturated rings. The highest BCUT2D eigenvalue weighted by Gasteiger charge is 2.16. The van der Waals surface area contributed by atoms with Crippen molar-refractivity contribution < 1.29 is 4.74 Å². The van der Waals surface area contributed by atoms with Gasteiger partial charge in [-0.15, -0.1) is 10.2 Å². The molecule has 158 valence electrons. The Kier molecular flexibility index (Phi) is 6.24. The lowest BCUT2D eigenvalue weighted by atomic mass is 10.2. The topological polar surface area (TPSA) is 106 Å². The molecular formula is C21H18ClN5O3S. The van der Waals surface area contributed by atoms with Gasteiger partial charge in [-0.25, -0.2) is 4.79 Å². The van der Waals surface area contributed by atoms with Gasteiger partial charge in [-0.1, -0.05) is 41.6 Å². The van der Waals surface area contributed by atoms with Crippen LogP contribution in [0.3, 0.4) is 0 Å². The maximum Gasteiger partial charge on any atom is 0.325 e. The fraction of sp³-hybridized carbons (Fsp3) is 0.143. The van der Waals surface area contributed by atoms with Crippen molar-refractivity contribution in [1.29, 1.82) is 0 Å². The molecular weight excluding hydrogens is 438 g/mol. The summed E-state index contributed by atoms with van der Waals surface area (Å²) in [4.78, 5) is 28.1. The lowest BCUT2D eigenvalue weighted by Gasteiger charge is -2.11. The minimum atomic E-state index is -0.564. The summed E-state index contributed by atoms with van der Waals surface area (Å²) in [5.41, 5.74) is 1.27. The van der Waals surface area contributed by atoms with Crippen LogP contribution in [0.2, 0.25) is 5.02 Å². The number of hydrogen-bond acceptors (Lipinski definition) is 6. The van der Waals surface area contributed by atoms with Crippen molar-refractivity contribution in [2.24, 2.45) is 0 Å². The molecule has 31 heavy (non-hydrogen) atoms. The predicted octanol–water partition coefficient (Wildman–Crippen LogP) is 3.19. The number of halogens is 1. The van der Waals surface area contributed by atoms with Crippen LogP contribution in [0.4, 0.5) is 0 Å². The molecule has 0 atom stereocenters. The molecule has 0 unspecified atom stereocenters. The van der Waals surface area contributed by atoms with E-state index >= 15 is 0 Å². The number of nitrogens with zero attached hydrogens (tertiary/aromatic N) is 3. The second-order valence-corrected chi connectivity index (χ2v) is 8.02. The van der Waals surface area contributed by atoms with E-state index in [9.17, 15) is 9.59 Å². The molecule has 4 rings (SSSR count). The minimum absolute atomic E-state index is 0.223. The third-order valence-electron chi connectivity index (χ3n) is 4.43. The van der Waals surface area contributed by atoms with Gasteiger partial charge < -0.3 is 9.72 Å². The average molecular weight is 456 g/mol. The molecule has 2 aromatic heterocycles. The number of aromatic nitrogens is 5. The summed E-state index contributed by atoms with van der Waals surface area (Å²) in [6.45, 7) is 0. The highest BCUT2D eigenvalue weighted by molar-refractivity contribution is 7.98. The van der Waals surface area contributed by atoms with E-state index in [4.69, 9.17) is 16.3 Å². The Bertz CT molecular complexity index is 1300. The van der Waals surface area contributed by atoms with Crippen molar-refractivity contribution in [1.82, 2.24) is 24.7 Å². The monoisotopic (exact) mass is 455 g/mol. The zero-order valence-electron chi connectivity index (χ0n) is 16.5. The molecule has 2 heterocycles. The van der Waals surface area contributed by atoms with Crippen LogP contribution in [-0.4, -0.2) is 31.8 Å². The zero-order chi connectivity index (χ0) is 21.8.